The predicted octanol–water partition coefficient (Wildman–Crippen LogP) is 16.8. The average molecular weight is 1130 g/mol. The zero-order valence-electron chi connectivity index (χ0n) is 51.9. The average Bonchev–Trinajstić information content (AvgIpc) is 2.16. The van der Waals surface area contributed by atoms with Crippen LogP contribution in [0.5, 0.6) is 0 Å². The van der Waals surface area contributed by atoms with Gasteiger partial charge in [-0.1, -0.05) is 38.1 Å². The number of hydrogen-bond donors (Lipinski definition) is 3. The molecule has 5 heterocycles. The molecule has 0 aliphatic heterocycles. The summed E-state index contributed by atoms with van der Waals surface area (Å²) in [5.74, 6) is 16.0. The number of fused-ring (bicyclic) bond motifs is 17. The number of nitrogens with zero attached hydrogens (tertiary/aromatic N) is 5. The Morgan fingerprint density at radius 1 is 0.398 bits per heavy atom. The largest absolute Gasteiger partial charge is 0.390 e. The Bertz CT molecular complexity index is 2890. The Morgan fingerprint density at radius 3 is 1.14 bits per heavy atom. The Morgan fingerprint density at radius 2 is 0.771 bits per heavy atom. The Kier molecular flexibility index (Phi) is 14.0. The van der Waals surface area contributed by atoms with E-state index in [4.69, 9.17) is 14.5 Å². The Balaban J connectivity index is 0.000000107. The number of rotatable bonds is 3. The second-order valence-electron chi connectivity index (χ2n) is 33.2. The van der Waals surface area contributed by atoms with Crippen LogP contribution in [0.2, 0.25) is 0 Å². The van der Waals surface area contributed by atoms with E-state index in [0.717, 1.165) is 144 Å². The van der Waals surface area contributed by atoms with Gasteiger partial charge >= 0.3 is 0 Å². The molecule has 2 unspecified atom stereocenters. The molecule has 0 amide bonds. The van der Waals surface area contributed by atoms with Gasteiger partial charge in [-0.05, 0) is 323 Å². The van der Waals surface area contributed by atoms with Crippen molar-refractivity contribution < 1.29 is 19.8 Å². The van der Waals surface area contributed by atoms with Gasteiger partial charge in [0.1, 0.15) is 17.1 Å². The predicted molar refractivity (Wildman–Crippen MR) is 328 cm³/mol. The van der Waals surface area contributed by atoms with Crippen LogP contribution in [0.4, 0.5) is 0 Å². The smallest absolute Gasteiger partial charge is 0.140 e. The van der Waals surface area contributed by atoms with Gasteiger partial charge in [0.05, 0.1) is 34.4 Å². The SMILES string of the molecule is C[C@@]1(O)CC[C@H]2[C@@H](CCC3[C@@H]2CC[C@]2(C)[C@@H](c4cn5ccccc5n4)CC[C@@H]32)C1.C[C@@]1(O)CC[C@H]2[C@@H](CC[C@@H]3[C@@H]2CC[C@]2(C)[C@@H](c4ccno4)CC[C@@H]32)C1.C[C@@]1(O)CC[C@H]2[C@H](CCC3[C@@H]2CC[C@]2(C)[C@@H](c4cn5ccccc5n4)CC[C@@H]32)C1. The lowest BCUT2D eigenvalue weighted by Crippen LogP contribution is -2.50. The van der Waals surface area contributed by atoms with Crippen molar-refractivity contribution in [3.8, 4) is 0 Å². The second kappa shape index (κ2) is 20.8. The second-order valence-corrected chi connectivity index (χ2v) is 33.2. The van der Waals surface area contributed by atoms with Crippen LogP contribution in [0.3, 0.4) is 0 Å². The number of aromatic nitrogens is 5. The Labute approximate surface area is 497 Å². The van der Waals surface area contributed by atoms with E-state index >= 15 is 0 Å². The summed E-state index contributed by atoms with van der Waals surface area (Å²) in [6, 6.07) is 14.8. The monoisotopic (exact) mass is 1130 g/mol. The molecule has 17 rings (SSSR count). The molecule has 450 valence electrons. The maximum atomic E-state index is 10.6. The van der Waals surface area contributed by atoms with E-state index in [1.165, 1.54) is 146 Å². The van der Waals surface area contributed by atoms with E-state index in [1.54, 1.807) is 0 Å². The van der Waals surface area contributed by atoms with E-state index in [-0.39, 0.29) is 0 Å². The van der Waals surface area contributed by atoms with Crippen molar-refractivity contribution in [3.63, 3.8) is 0 Å². The number of aliphatic hydroxyl groups is 3. The molecule has 5 aromatic heterocycles. The molecule has 83 heavy (non-hydrogen) atoms. The first-order valence-corrected chi connectivity index (χ1v) is 34.8. The van der Waals surface area contributed by atoms with Crippen LogP contribution in [0.15, 0.2) is 78.0 Å². The number of hydrogen-bond acceptors (Lipinski definition) is 7. The van der Waals surface area contributed by atoms with Crippen LogP contribution in [-0.2, 0) is 0 Å². The first-order chi connectivity index (χ1) is 39.9. The van der Waals surface area contributed by atoms with Gasteiger partial charge in [0.25, 0.3) is 0 Å². The summed E-state index contributed by atoms with van der Waals surface area (Å²) in [6.45, 7) is 14.0. The van der Waals surface area contributed by atoms with E-state index in [2.05, 4.69) is 123 Å². The summed E-state index contributed by atoms with van der Waals surface area (Å²) in [7, 11) is 0. The zero-order valence-corrected chi connectivity index (χ0v) is 51.9. The maximum absolute atomic E-state index is 10.6. The highest BCUT2D eigenvalue weighted by Gasteiger charge is 2.62. The summed E-state index contributed by atoms with van der Waals surface area (Å²) in [5.41, 5.74) is 4.91. The third-order valence-corrected chi connectivity index (χ3v) is 29.0. The van der Waals surface area contributed by atoms with E-state index in [1.807, 2.05) is 6.20 Å². The quantitative estimate of drug-likeness (QED) is 0.165. The van der Waals surface area contributed by atoms with Crippen LogP contribution in [0, 0.1) is 105 Å². The molecular formula is C74H105N5O4. The van der Waals surface area contributed by atoms with E-state index < -0.39 is 16.8 Å². The summed E-state index contributed by atoms with van der Waals surface area (Å²) in [5, 5.41) is 35.7. The lowest BCUT2D eigenvalue weighted by Gasteiger charge is -2.57. The summed E-state index contributed by atoms with van der Waals surface area (Å²) < 4.78 is 10.0. The molecule has 12 saturated carbocycles. The molecule has 9 heteroatoms. The topological polar surface area (TPSA) is 121 Å². The highest BCUT2D eigenvalue weighted by molar-refractivity contribution is 5.42. The van der Waals surface area contributed by atoms with Crippen LogP contribution in [-0.4, -0.2) is 56.0 Å². The van der Waals surface area contributed by atoms with Gasteiger partial charge in [0, 0.05) is 48.6 Å². The van der Waals surface area contributed by atoms with E-state index in [0.29, 0.717) is 34.0 Å². The molecule has 0 saturated heterocycles. The number of pyridine rings is 2. The lowest BCUT2D eigenvalue weighted by atomic mass is 9.49. The molecular weight excluding hydrogens is 1020 g/mol. The minimum absolute atomic E-state index is 0.401. The molecule has 0 bridgehead atoms. The van der Waals surface area contributed by atoms with Crippen molar-refractivity contribution in [2.75, 3.05) is 0 Å². The zero-order chi connectivity index (χ0) is 56.8. The minimum atomic E-state index is -0.404. The van der Waals surface area contributed by atoms with Crippen molar-refractivity contribution in [1.29, 1.82) is 0 Å². The van der Waals surface area contributed by atoms with Gasteiger partial charge in [-0.25, -0.2) is 9.97 Å². The molecule has 3 N–H and O–H groups in total. The third kappa shape index (κ3) is 9.61. The van der Waals surface area contributed by atoms with Gasteiger partial charge in [0.15, 0.2) is 0 Å². The van der Waals surface area contributed by atoms with Crippen LogP contribution in [0.1, 0.15) is 250 Å². The van der Waals surface area contributed by atoms with Crippen molar-refractivity contribution in [2.45, 2.75) is 249 Å². The first-order valence-electron chi connectivity index (χ1n) is 34.8. The molecule has 24 atom stereocenters. The van der Waals surface area contributed by atoms with Crippen molar-refractivity contribution >= 4 is 11.3 Å². The highest BCUT2D eigenvalue weighted by atomic mass is 16.5. The molecule has 12 aliphatic carbocycles. The fourth-order valence-corrected chi connectivity index (χ4v) is 25.3. The molecule has 0 spiro atoms. The van der Waals surface area contributed by atoms with Crippen molar-refractivity contribution in [3.05, 3.63) is 90.6 Å². The van der Waals surface area contributed by atoms with Gasteiger partial charge in [-0.2, -0.15) is 0 Å². The van der Waals surface area contributed by atoms with Crippen LogP contribution < -0.4 is 0 Å². The molecule has 0 radical (unpaired) electrons. The van der Waals surface area contributed by atoms with Gasteiger partial charge < -0.3 is 28.6 Å². The van der Waals surface area contributed by atoms with Crippen molar-refractivity contribution in [1.82, 2.24) is 23.9 Å². The van der Waals surface area contributed by atoms with Gasteiger partial charge in [0.2, 0.25) is 0 Å². The standard InChI is InChI=1S/2C26H36N2O.C22H33NO2/c2*1-25(29)12-10-18-17(15-25)6-7-20-19(18)11-13-26(2)21(20)8-9-22(26)23-16-28-14-4-3-5-24(28)27-23;1-21(24)10-7-15-14(13-21)3-4-17-16(15)8-11-22(2)18(17)5-6-19(22)20-9-12-23-25-20/h2*3-5,14,16-22,29H,6-13,15H2,1-2H3;9,12,14-19,24H,3-8,10-11,13H2,1-2H3/t17-,18+,19-,20?,21+,22-,25-,26+;17-,18-,19+,20?,21-,22+,25+,26-;14-,15-,16+,17+,18-,19+,21+,22-/m100/s1. The van der Waals surface area contributed by atoms with Crippen LogP contribution in [0.25, 0.3) is 11.3 Å². The van der Waals surface area contributed by atoms with Crippen molar-refractivity contribution in [2.24, 2.45) is 105 Å². The minimum Gasteiger partial charge on any atom is -0.390 e. The third-order valence-electron chi connectivity index (χ3n) is 29.0. The van der Waals surface area contributed by atoms with Crippen LogP contribution >= 0.6 is 0 Å². The van der Waals surface area contributed by atoms with Gasteiger partial charge in [-0.15, -0.1) is 0 Å². The van der Waals surface area contributed by atoms with E-state index in [9.17, 15) is 15.3 Å². The normalized spacial score (nSPS) is 48.5. The summed E-state index contributed by atoms with van der Waals surface area (Å²) in [4.78, 5) is 10.1. The molecule has 0 aromatic carbocycles. The highest BCUT2D eigenvalue weighted by Crippen LogP contribution is 2.70. The molecule has 5 aromatic rings. The Hall–Kier alpha value is -3.53. The fraction of sp³-hybridized carbons (Fsp3) is 0.770. The fourth-order valence-electron chi connectivity index (χ4n) is 25.3. The van der Waals surface area contributed by atoms with Gasteiger partial charge in [-0.3, -0.25) is 0 Å². The summed E-state index contributed by atoms with van der Waals surface area (Å²) in [6.07, 6.45) is 45.3. The molecule has 12 aliphatic rings. The molecule has 12 fully saturated rings. The lowest BCUT2D eigenvalue weighted by molar-refractivity contribution is -0.0965. The first kappa shape index (κ1) is 56.0. The summed E-state index contributed by atoms with van der Waals surface area (Å²) >= 11 is 0. The number of imidazole rings is 2. The molecule has 9 nitrogen and oxygen atoms in total. The maximum Gasteiger partial charge on any atom is 0.140 e.